The predicted molar refractivity (Wildman–Crippen MR) is 62.7 cm³/mol. The molecule has 2 heterocycles. The monoisotopic (exact) mass is 207 g/mol. The second-order valence-corrected chi connectivity index (χ2v) is 4.52. The van der Waals surface area contributed by atoms with Gasteiger partial charge in [0.05, 0.1) is 0 Å². The van der Waals surface area contributed by atoms with Gasteiger partial charge in [0.1, 0.15) is 0 Å². The van der Waals surface area contributed by atoms with Gasteiger partial charge in [-0.25, -0.2) is 0 Å². The van der Waals surface area contributed by atoms with Crippen molar-refractivity contribution in [2.45, 2.75) is 32.4 Å². The molecule has 1 aliphatic rings. The van der Waals surface area contributed by atoms with Crippen molar-refractivity contribution >= 4 is 0 Å². The quantitative estimate of drug-likeness (QED) is 0.814. The summed E-state index contributed by atoms with van der Waals surface area (Å²) in [5.41, 5.74) is 7.05. The molecule has 3 nitrogen and oxygen atoms in total. The molecule has 0 aromatic carbocycles. The van der Waals surface area contributed by atoms with Crippen molar-refractivity contribution in [3.8, 4) is 0 Å². The highest BCUT2D eigenvalue weighted by atomic mass is 15.2. The Labute approximate surface area is 91.9 Å². The van der Waals surface area contributed by atoms with Gasteiger partial charge in [0, 0.05) is 31.5 Å². The lowest BCUT2D eigenvalue weighted by atomic mass is 10.2. The molecule has 15 heavy (non-hydrogen) atoms. The fourth-order valence-corrected chi connectivity index (χ4v) is 2.13. The van der Waals surface area contributed by atoms with Crippen LogP contribution in [0.25, 0.3) is 0 Å². The molecule has 0 aliphatic carbocycles. The zero-order chi connectivity index (χ0) is 10.7. The Morgan fingerprint density at radius 3 is 2.67 bits per heavy atom. The van der Waals surface area contributed by atoms with E-state index in [0.717, 1.165) is 6.54 Å². The Morgan fingerprint density at radius 2 is 2.07 bits per heavy atom. The molecule has 2 N–H and O–H groups in total. The third-order valence-electron chi connectivity index (χ3n) is 3.17. The molecule has 1 saturated heterocycles. The van der Waals surface area contributed by atoms with Gasteiger partial charge < -0.3 is 15.2 Å². The second-order valence-electron chi connectivity index (χ2n) is 4.52. The van der Waals surface area contributed by atoms with Gasteiger partial charge >= 0.3 is 0 Å². The third-order valence-corrected chi connectivity index (χ3v) is 3.17. The molecule has 1 aromatic rings. The molecule has 0 radical (unpaired) electrons. The van der Waals surface area contributed by atoms with Crippen LogP contribution in [-0.4, -0.2) is 29.1 Å². The minimum absolute atomic E-state index is 0.151. The summed E-state index contributed by atoms with van der Waals surface area (Å²) in [6, 6.07) is 2.27. The van der Waals surface area contributed by atoms with Crippen molar-refractivity contribution in [1.29, 1.82) is 0 Å². The topological polar surface area (TPSA) is 34.2 Å². The highest BCUT2D eigenvalue weighted by Crippen LogP contribution is 2.11. The first-order chi connectivity index (χ1) is 7.25. The first kappa shape index (κ1) is 10.7. The van der Waals surface area contributed by atoms with Crippen LogP contribution in [0, 0.1) is 0 Å². The van der Waals surface area contributed by atoms with E-state index in [1.165, 1.54) is 38.0 Å². The molecule has 1 atom stereocenters. The summed E-state index contributed by atoms with van der Waals surface area (Å²) in [7, 11) is 0. The van der Waals surface area contributed by atoms with Gasteiger partial charge in [-0.15, -0.1) is 0 Å². The maximum absolute atomic E-state index is 5.82. The zero-order valence-corrected chi connectivity index (χ0v) is 9.52. The summed E-state index contributed by atoms with van der Waals surface area (Å²) in [6.07, 6.45) is 7.04. The molecule has 0 saturated carbocycles. The van der Waals surface area contributed by atoms with E-state index in [2.05, 4.69) is 27.9 Å². The molecule has 0 spiro atoms. The van der Waals surface area contributed by atoms with Crippen molar-refractivity contribution < 1.29 is 0 Å². The molecule has 1 fully saturated rings. The Hall–Kier alpha value is -0.800. The van der Waals surface area contributed by atoms with Crippen molar-refractivity contribution in [3.05, 3.63) is 24.0 Å². The number of rotatable bonds is 4. The minimum Gasteiger partial charge on any atom is -0.353 e. The number of likely N-dealkylation sites (tertiary alicyclic amines) is 1. The molecule has 3 heteroatoms. The summed E-state index contributed by atoms with van der Waals surface area (Å²) < 4.78 is 2.25. The van der Waals surface area contributed by atoms with Crippen molar-refractivity contribution in [3.63, 3.8) is 0 Å². The van der Waals surface area contributed by atoms with E-state index in [4.69, 9.17) is 5.73 Å². The second kappa shape index (κ2) is 4.81. The summed E-state index contributed by atoms with van der Waals surface area (Å²) in [5.74, 6) is 0. The van der Waals surface area contributed by atoms with E-state index in [9.17, 15) is 0 Å². The average Bonchev–Trinajstić information content (AvgIpc) is 2.86. The molecule has 2 rings (SSSR count). The molecule has 1 aromatic heterocycles. The van der Waals surface area contributed by atoms with Gasteiger partial charge in [0.25, 0.3) is 0 Å². The zero-order valence-electron chi connectivity index (χ0n) is 9.52. The van der Waals surface area contributed by atoms with E-state index in [1.54, 1.807) is 0 Å². The Kier molecular flexibility index (Phi) is 3.44. The maximum atomic E-state index is 5.82. The summed E-state index contributed by atoms with van der Waals surface area (Å²) in [4.78, 5) is 2.53. The summed E-state index contributed by atoms with van der Waals surface area (Å²) in [5, 5.41) is 0. The van der Waals surface area contributed by atoms with Gasteiger partial charge in [0.2, 0.25) is 0 Å². The molecular weight excluding hydrogens is 186 g/mol. The van der Waals surface area contributed by atoms with Gasteiger partial charge in [-0.05, 0) is 44.5 Å². The van der Waals surface area contributed by atoms with Crippen LogP contribution in [0.3, 0.4) is 0 Å². The molecule has 0 bridgehead atoms. The number of hydrogen-bond acceptors (Lipinski definition) is 2. The molecule has 1 unspecified atom stereocenters. The maximum Gasteiger partial charge on any atom is 0.0347 e. The van der Waals surface area contributed by atoms with Crippen molar-refractivity contribution in [1.82, 2.24) is 9.47 Å². The van der Waals surface area contributed by atoms with Crippen LogP contribution in [0.2, 0.25) is 0 Å². The number of nitrogens with two attached hydrogens (primary N) is 1. The Balaban J connectivity index is 1.82. The standard InChI is InChI=1S/C12H21N3/c1-11(13)12-4-7-15(10-12)9-8-14-5-2-3-6-14/h4,7,10-11H,2-3,5-6,8-9,13H2,1H3. The first-order valence-corrected chi connectivity index (χ1v) is 5.89. The van der Waals surface area contributed by atoms with Gasteiger partial charge in [-0.2, -0.15) is 0 Å². The molecule has 84 valence electrons. The minimum atomic E-state index is 0.151. The van der Waals surface area contributed by atoms with E-state index in [-0.39, 0.29) is 6.04 Å². The lowest BCUT2D eigenvalue weighted by Crippen LogP contribution is -2.23. The average molecular weight is 207 g/mol. The summed E-state index contributed by atoms with van der Waals surface area (Å²) in [6.45, 7) is 6.85. The Bertz CT molecular complexity index is 298. The van der Waals surface area contributed by atoms with Gasteiger partial charge in [-0.1, -0.05) is 0 Å². The summed E-state index contributed by atoms with van der Waals surface area (Å²) >= 11 is 0. The van der Waals surface area contributed by atoms with E-state index in [0.29, 0.717) is 0 Å². The van der Waals surface area contributed by atoms with Gasteiger partial charge in [0.15, 0.2) is 0 Å². The smallest absolute Gasteiger partial charge is 0.0347 e. The Morgan fingerprint density at radius 1 is 1.33 bits per heavy atom. The highest BCUT2D eigenvalue weighted by Gasteiger charge is 2.10. The highest BCUT2D eigenvalue weighted by molar-refractivity contribution is 5.13. The largest absolute Gasteiger partial charge is 0.353 e. The van der Waals surface area contributed by atoms with Crippen molar-refractivity contribution in [2.24, 2.45) is 5.73 Å². The normalized spacial score (nSPS) is 19.6. The van der Waals surface area contributed by atoms with E-state index in [1.807, 2.05) is 6.92 Å². The van der Waals surface area contributed by atoms with Crippen LogP contribution < -0.4 is 5.73 Å². The van der Waals surface area contributed by atoms with E-state index < -0.39 is 0 Å². The lowest BCUT2D eigenvalue weighted by Gasteiger charge is -2.14. The van der Waals surface area contributed by atoms with Crippen LogP contribution in [0.15, 0.2) is 18.5 Å². The van der Waals surface area contributed by atoms with Crippen LogP contribution in [0.1, 0.15) is 31.4 Å². The molecule has 0 amide bonds. The lowest BCUT2D eigenvalue weighted by molar-refractivity contribution is 0.322. The fourth-order valence-electron chi connectivity index (χ4n) is 2.13. The van der Waals surface area contributed by atoms with E-state index >= 15 is 0 Å². The SMILES string of the molecule is CC(N)c1ccn(CCN2CCCC2)c1. The first-order valence-electron chi connectivity index (χ1n) is 5.89. The van der Waals surface area contributed by atoms with Crippen LogP contribution >= 0.6 is 0 Å². The van der Waals surface area contributed by atoms with Crippen LogP contribution in [-0.2, 0) is 6.54 Å². The number of aromatic nitrogens is 1. The number of hydrogen-bond donors (Lipinski definition) is 1. The van der Waals surface area contributed by atoms with Crippen molar-refractivity contribution in [2.75, 3.05) is 19.6 Å². The fraction of sp³-hybridized carbons (Fsp3) is 0.667. The van der Waals surface area contributed by atoms with Crippen LogP contribution in [0.4, 0.5) is 0 Å². The van der Waals surface area contributed by atoms with Crippen LogP contribution in [0.5, 0.6) is 0 Å². The third kappa shape index (κ3) is 2.83. The van der Waals surface area contributed by atoms with Gasteiger partial charge in [-0.3, -0.25) is 0 Å². The predicted octanol–water partition coefficient (Wildman–Crippen LogP) is 1.60. The number of nitrogens with zero attached hydrogens (tertiary/aromatic N) is 2. The molecular formula is C12H21N3. The molecule has 1 aliphatic heterocycles.